The van der Waals surface area contributed by atoms with Crippen LogP contribution in [0.2, 0.25) is 0 Å². The molecule has 7 nitrogen and oxygen atoms in total. The molecule has 2 heterocycles. The molecule has 2 N–H and O–H groups in total. The van der Waals surface area contributed by atoms with Gasteiger partial charge in [0.25, 0.3) is 5.56 Å². The first-order chi connectivity index (χ1) is 9.88. The quantitative estimate of drug-likeness (QED) is 0.839. The van der Waals surface area contributed by atoms with E-state index >= 15 is 0 Å². The van der Waals surface area contributed by atoms with Crippen LogP contribution in [0.15, 0.2) is 4.79 Å². The first-order valence-electron chi connectivity index (χ1n) is 7.05. The van der Waals surface area contributed by atoms with Gasteiger partial charge in [-0.3, -0.25) is 14.5 Å². The van der Waals surface area contributed by atoms with E-state index in [-0.39, 0.29) is 18.1 Å². The van der Waals surface area contributed by atoms with Crippen LogP contribution < -0.4 is 5.56 Å². The van der Waals surface area contributed by atoms with Gasteiger partial charge in [-0.15, -0.1) is 0 Å². The van der Waals surface area contributed by atoms with E-state index in [0.717, 1.165) is 6.54 Å². The Bertz CT molecular complexity index is 582. The van der Waals surface area contributed by atoms with Crippen LogP contribution in [0.3, 0.4) is 0 Å². The van der Waals surface area contributed by atoms with E-state index in [4.69, 9.17) is 9.84 Å². The van der Waals surface area contributed by atoms with Gasteiger partial charge in [0.2, 0.25) is 0 Å². The van der Waals surface area contributed by atoms with Gasteiger partial charge in [-0.2, -0.15) is 0 Å². The van der Waals surface area contributed by atoms with Gasteiger partial charge >= 0.3 is 5.97 Å². The number of rotatable bonds is 4. The van der Waals surface area contributed by atoms with Crippen molar-refractivity contribution in [1.82, 2.24) is 14.9 Å². The zero-order valence-electron chi connectivity index (χ0n) is 12.5. The molecule has 2 rings (SSSR count). The largest absolute Gasteiger partial charge is 0.481 e. The predicted octanol–water partition coefficient (Wildman–Crippen LogP) is 0.487. The highest BCUT2D eigenvalue weighted by molar-refractivity contribution is 5.70. The number of carbonyl (C=O) groups is 1. The Hall–Kier alpha value is -1.73. The van der Waals surface area contributed by atoms with Crippen LogP contribution in [0, 0.1) is 6.92 Å². The van der Waals surface area contributed by atoms with Gasteiger partial charge in [0.1, 0.15) is 11.9 Å². The number of carboxylic acids is 1. The molecule has 1 aliphatic rings. The van der Waals surface area contributed by atoms with E-state index in [2.05, 4.69) is 28.7 Å². The predicted molar refractivity (Wildman–Crippen MR) is 76.3 cm³/mol. The number of morpholine rings is 1. The third-order valence-corrected chi connectivity index (χ3v) is 3.70. The summed E-state index contributed by atoms with van der Waals surface area (Å²) in [5.74, 6) is -0.574. The SMILES string of the molecule is Cc1nc(C2CN(C(C)C)CCO2)[nH]c(=O)c1CC(=O)O. The maximum Gasteiger partial charge on any atom is 0.308 e. The Balaban J connectivity index is 2.25. The number of carboxylic acid groups (broad SMARTS) is 1. The van der Waals surface area contributed by atoms with Crippen molar-refractivity contribution in [3.63, 3.8) is 0 Å². The van der Waals surface area contributed by atoms with Gasteiger partial charge in [0, 0.05) is 30.4 Å². The highest BCUT2D eigenvalue weighted by Crippen LogP contribution is 2.20. The second-order valence-corrected chi connectivity index (χ2v) is 5.53. The minimum atomic E-state index is -1.04. The van der Waals surface area contributed by atoms with Crippen LogP contribution in [0.5, 0.6) is 0 Å². The van der Waals surface area contributed by atoms with Crippen molar-refractivity contribution in [3.8, 4) is 0 Å². The normalized spacial score (nSPS) is 19.9. The summed E-state index contributed by atoms with van der Waals surface area (Å²) in [7, 11) is 0. The van der Waals surface area contributed by atoms with Crippen LogP contribution in [0.4, 0.5) is 0 Å². The number of nitrogens with one attached hydrogen (secondary N) is 1. The average Bonchev–Trinajstić information content (AvgIpc) is 2.42. The molecular weight excluding hydrogens is 274 g/mol. The molecule has 21 heavy (non-hydrogen) atoms. The van der Waals surface area contributed by atoms with E-state index in [1.165, 1.54) is 0 Å². The molecule has 0 aromatic carbocycles. The van der Waals surface area contributed by atoms with Crippen LogP contribution in [0.1, 0.15) is 37.0 Å². The van der Waals surface area contributed by atoms with Gasteiger partial charge in [-0.1, -0.05) is 0 Å². The molecule has 0 radical (unpaired) electrons. The van der Waals surface area contributed by atoms with Crippen LogP contribution in [-0.4, -0.2) is 51.7 Å². The molecule has 7 heteroatoms. The summed E-state index contributed by atoms with van der Waals surface area (Å²) < 4.78 is 5.68. The Labute approximate surface area is 123 Å². The minimum Gasteiger partial charge on any atom is -0.481 e. The zero-order valence-corrected chi connectivity index (χ0v) is 12.5. The van der Waals surface area contributed by atoms with Crippen LogP contribution in [-0.2, 0) is 16.0 Å². The number of ether oxygens (including phenoxy) is 1. The maximum absolute atomic E-state index is 12.0. The van der Waals surface area contributed by atoms with E-state index in [1.807, 2.05) is 0 Å². The fourth-order valence-electron chi connectivity index (χ4n) is 2.45. The van der Waals surface area contributed by atoms with E-state index in [1.54, 1.807) is 6.92 Å². The molecule has 1 aliphatic heterocycles. The van der Waals surface area contributed by atoms with E-state index in [0.29, 0.717) is 30.7 Å². The lowest BCUT2D eigenvalue weighted by Crippen LogP contribution is -2.43. The molecule has 0 bridgehead atoms. The van der Waals surface area contributed by atoms with Gasteiger partial charge in [0.15, 0.2) is 0 Å². The van der Waals surface area contributed by atoms with Gasteiger partial charge < -0.3 is 14.8 Å². The molecule has 1 unspecified atom stereocenters. The Kier molecular flexibility index (Phi) is 4.74. The maximum atomic E-state index is 12.0. The lowest BCUT2D eigenvalue weighted by Gasteiger charge is -2.35. The monoisotopic (exact) mass is 295 g/mol. The molecule has 1 saturated heterocycles. The summed E-state index contributed by atoms with van der Waals surface area (Å²) in [5.41, 5.74) is 0.245. The third kappa shape index (κ3) is 3.68. The summed E-state index contributed by atoms with van der Waals surface area (Å²) in [6.07, 6.45) is -0.607. The standard InChI is InChI=1S/C14H21N3O4/c1-8(2)17-4-5-21-11(7-17)13-15-9(3)10(6-12(18)19)14(20)16-13/h8,11H,4-7H2,1-3H3,(H,18,19)(H,15,16,20). The Morgan fingerprint density at radius 3 is 2.86 bits per heavy atom. The molecule has 1 atom stereocenters. The van der Waals surface area contributed by atoms with Crippen molar-refractivity contribution in [3.05, 3.63) is 27.4 Å². The van der Waals surface area contributed by atoms with Crippen molar-refractivity contribution >= 4 is 5.97 Å². The molecule has 0 aliphatic carbocycles. The summed E-state index contributed by atoms with van der Waals surface area (Å²) >= 11 is 0. The number of aryl methyl sites for hydroxylation is 1. The number of hydrogen-bond donors (Lipinski definition) is 2. The molecule has 1 fully saturated rings. The lowest BCUT2D eigenvalue weighted by atomic mass is 10.1. The molecule has 0 spiro atoms. The highest BCUT2D eigenvalue weighted by atomic mass is 16.5. The first kappa shape index (κ1) is 15.7. The number of aromatic nitrogens is 2. The minimum absolute atomic E-state index is 0.197. The van der Waals surface area contributed by atoms with E-state index < -0.39 is 11.5 Å². The summed E-state index contributed by atoms with van der Waals surface area (Å²) in [6, 6.07) is 0.399. The van der Waals surface area contributed by atoms with Crippen molar-refractivity contribution in [2.24, 2.45) is 0 Å². The van der Waals surface area contributed by atoms with Crippen molar-refractivity contribution in [2.75, 3.05) is 19.7 Å². The molecule has 116 valence electrons. The summed E-state index contributed by atoms with van der Waals surface area (Å²) in [6.45, 7) is 7.98. The second-order valence-electron chi connectivity index (χ2n) is 5.53. The topological polar surface area (TPSA) is 95.5 Å². The van der Waals surface area contributed by atoms with Crippen LogP contribution in [0.25, 0.3) is 0 Å². The number of aromatic amines is 1. The van der Waals surface area contributed by atoms with Gasteiger partial charge in [0.05, 0.1) is 13.0 Å². The number of hydrogen-bond acceptors (Lipinski definition) is 5. The zero-order chi connectivity index (χ0) is 15.6. The van der Waals surface area contributed by atoms with Crippen molar-refractivity contribution in [2.45, 2.75) is 39.3 Å². The Morgan fingerprint density at radius 2 is 2.29 bits per heavy atom. The highest BCUT2D eigenvalue weighted by Gasteiger charge is 2.26. The lowest BCUT2D eigenvalue weighted by molar-refractivity contribution is -0.136. The number of nitrogens with zero attached hydrogens (tertiary/aromatic N) is 2. The summed E-state index contributed by atoms with van der Waals surface area (Å²) in [5, 5.41) is 8.82. The summed E-state index contributed by atoms with van der Waals surface area (Å²) in [4.78, 5) is 32.1. The van der Waals surface area contributed by atoms with Gasteiger partial charge in [-0.05, 0) is 20.8 Å². The van der Waals surface area contributed by atoms with Crippen molar-refractivity contribution in [1.29, 1.82) is 0 Å². The third-order valence-electron chi connectivity index (χ3n) is 3.70. The van der Waals surface area contributed by atoms with Gasteiger partial charge in [-0.25, -0.2) is 4.98 Å². The average molecular weight is 295 g/mol. The van der Waals surface area contributed by atoms with Crippen LogP contribution >= 0.6 is 0 Å². The second kappa shape index (κ2) is 6.36. The first-order valence-corrected chi connectivity index (χ1v) is 7.05. The molecule has 0 saturated carbocycles. The fourth-order valence-corrected chi connectivity index (χ4v) is 2.45. The number of aliphatic carboxylic acids is 1. The molecule has 1 aromatic heterocycles. The molecular formula is C14H21N3O4. The molecule has 0 amide bonds. The van der Waals surface area contributed by atoms with E-state index in [9.17, 15) is 9.59 Å². The smallest absolute Gasteiger partial charge is 0.308 e. The Morgan fingerprint density at radius 1 is 1.57 bits per heavy atom. The molecule has 1 aromatic rings. The fraction of sp³-hybridized carbons (Fsp3) is 0.643. The number of H-pyrrole nitrogens is 1. The van der Waals surface area contributed by atoms with Crippen molar-refractivity contribution < 1.29 is 14.6 Å².